The maximum absolute atomic E-state index is 14.4. The lowest BCUT2D eigenvalue weighted by molar-refractivity contribution is 0.165. The van der Waals surface area contributed by atoms with Gasteiger partial charge in [0.15, 0.2) is 0 Å². The van der Waals surface area contributed by atoms with Crippen LogP contribution in [-0.2, 0) is 0 Å². The summed E-state index contributed by atoms with van der Waals surface area (Å²) < 4.78 is 14.4. The molecule has 103 heavy (non-hydrogen) atoms. The largest absolute Gasteiger partial charge is 0.206 e. The van der Waals surface area contributed by atoms with Crippen LogP contribution in [0.4, 0.5) is 4.39 Å². The fourth-order valence-corrected chi connectivity index (χ4v) is 17.3. The molecule has 9 aromatic carbocycles. The highest BCUT2D eigenvalue weighted by Crippen LogP contribution is 2.45. The second kappa shape index (κ2) is 39.7. The summed E-state index contributed by atoms with van der Waals surface area (Å²) in [6, 6.07) is 75.2. The van der Waals surface area contributed by atoms with Crippen molar-refractivity contribution in [3.63, 3.8) is 0 Å². The molecule has 0 aliphatic heterocycles. The molecule has 0 amide bonds. The Balaban J connectivity index is 0.000000134. The van der Waals surface area contributed by atoms with Crippen LogP contribution in [-0.4, -0.2) is 0 Å². The molecule has 0 nitrogen and oxygen atoms in total. The second-order valence-electron chi connectivity index (χ2n) is 33.6. The number of rotatable bonds is 9. The summed E-state index contributed by atoms with van der Waals surface area (Å²) in [5.74, 6) is 10.4. The van der Waals surface area contributed by atoms with E-state index in [4.69, 9.17) is 0 Å². The van der Waals surface area contributed by atoms with Crippen molar-refractivity contribution in [2.24, 2.45) is 47.3 Å². The minimum absolute atomic E-state index is 0.183. The topological polar surface area (TPSA) is 0 Å². The highest BCUT2D eigenvalue weighted by molar-refractivity contribution is 5.71. The predicted molar refractivity (Wildman–Crippen MR) is 446 cm³/mol. The lowest BCUT2D eigenvalue weighted by Crippen LogP contribution is -2.24. The first-order chi connectivity index (χ1) is 49.8. The standard InChI is InChI=1S/C20H17F.C20H30.C20H24.C14H24.C14H20.C14H14/c1-14-3-7-16(8-4-14)18-11-12-19(20(21)13-18)17-9-5-15(2)6-10-17;2*1-15-3-7-17(8-4-15)19-11-13-20(14-12-19)18-9-5-16(2)6-10-18;3*1-11-3-7-13(8-4-11)14-9-5-12(2)6-10-14/h3-13H,1-2H3;3-4,7-8,16,18-20H,5-6,9-14H2,1-2H3;3-4,7-8,11-14,16,18H,5-6,9-10H2,1-2H3;3,12-14H,4-10H2,1-2H3;3-4,7-8,12,14H,5-6,9-10H2,1-2H3;3-10H,1-2H3. The van der Waals surface area contributed by atoms with Gasteiger partial charge in [-0.2, -0.15) is 0 Å². The average molecular weight is 1370 g/mol. The van der Waals surface area contributed by atoms with Gasteiger partial charge in [0.1, 0.15) is 5.82 Å². The molecule has 9 aromatic rings. The van der Waals surface area contributed by atoms with Crippen LogP contribution in [0.1, 0.15) is 256 Å². The maximum atomic E-state index is 14.4. The number of hydrogen-bond donors (Lipinski definition) is 0. The number of aryl methyl sites for hydroxylation is 7. The maximum Gasteiger partial charge on any atom is 0.131 e. The number of hydrogen-bond acceptors (Lipinski definition) is 0. The molecule has 1 heteroatoms. The summed E-state index contributed by atoms with van der Waals surface area (Å²) in [6.45, 7) is 26.7. The first-order valence-electron chi connectivity index (χ1n) is 40.9. The van der Waals surface area contributed by atoms with Crippen LogP contribution in [0.2, 0.25) is 0 Å². The van der Waals surface area contributed by atoms with Crippen molar-refractivity contribution in [3.05, 3.63) is 285 Å². The molecule has 0 radical (unpaired) electrons. The smallest absolute Gasteiger partial charge is 0.131 e. The summed E-state index contributed by atoms with van der Waals surface area (Å²) in [6.07, 6.45) is 35.7. The van der Waals surface area contributed by atoms with Crippen LogP contribution in [0.5, 0.6) is 0 Å². The van der Waals surface area contributed by atoms with Crippen molar-refractivity contribution in [1.82, 2.24) is 0 Å². The summed E-state index contributed by atoms with van der Waals surface area (Å²) in [5, 5.41) is 0. The van der Waals surface area contributed by atoms with Crippen LogP contribution in [0, 0.1) is 102 Å². The third-order valence-corrected chi connectivity index (χ3v) is 25.0. The zero-order valence-corrected chi connectivity index (χ0v) is 65.8. The fraction of sp³-hybridized carbons (Fsp3) is 0.451. The molecule has 5 fully saturated rings. The Morgan fingerprint density at radius 3 is 0.767 bits per heavy atom. The molecule has 6 aliphatic carbocycles. The first-order valence-corrected chi connectivity index (χ1v) is 40.9. The van der Waals surface area contributed by atoms with E-state index in [2.05, 4.69) is 221 Å². The Hall–Kier alpha value is -7.35. The van der Waals surface area contributed by atoms with Gasteiger partial charge < -0.3 is 0 Å². The third kappa shape index (κ3) is 24.6. The van der Waals surface area contributed by atoms with E-state index in [-0.39, 0.29) is 5.82 Å². The molecule has 1 atom stereocenters. The van der Waals surface area contributed by atoms with Gasteiger partial charge in [-0.25, -0.2) is 4.39 Å². The Kier molecular flexibility index (Phi) is 30.1. The highest BCUT2D eigenvalue weighted by Gasteiger charge is 2.31. The number of allylic oxidation sites excluding steroid dienone is 2. The van der Waals surface area contributed by atoms with Crippen LogP contribution < -0.4 is 0 Å². The summed E-state index contributed by atoms with van der Waals surface area (Å²) in [4.78, 5) is 0. The Morgan fingerprint density at radius 1 is 0.233 bits per heavy atom. The first kappa shape index (κ1) is 78.2. The average Bonchev–Trinajstić information content (AvgIpc) is 0.830. The molecule has 6 aliphatic rings. The summed E-state index contributed by atoms with van der Waals surface area (Å²) in [5.41, 5.74) is 24.1. The minimum Gasteiger partial charge on any atom is -0.206 e. The van der Waals surface area contributed by atoms with Gasteiger partial charge in [0.25, 0.3) is 0 Å². The van der Waals surface area contributed by atoms with Crippen molar-refractivity contribution in [2.45, 2.75) is 249 Å². The van der Waals surface area contributed by atoms with Gasteiger partial charge in [-0.15, -0.1) is 0 Å². The highest BCUT2D eigenvalue weighted by atomic mass is 19.1. The van der Waals surface area contributed by atoms with Crippen molar-refractivity contribution < 1.29 is 4.39 Å². The molecule has 0 aromatic heterocycles. The van der Waals surface area contributed by atoms with Gasteiger partial charge in [-0.1, -0.05) is 336 Å². The Labute approximate surface area is 626 Å². The Bertz CT molecular complexity index is 3860. The van der Waals surface area contributed by atoms with E-state index in [9.17, 15) is 4.39 Å². The molecule has 0 heterocycles. The van der Waals surface area contributed by atoms with E-state index in [0.717, 1.165) is 81.8 Å². The van der Waals surface area contributed by atoms with Crippen LogP contribution >= 0.6 is 0 Å². The molecule has 0 spiro atoms. The van der Waals surface area contributed by atoms with E-state index in [0.29, 0.717) is 5.56 Å². The Morgan fingerprint density at radius 2 is 0.466 bits per heavy atom. The van der Waals surface area contributed by atoms with Crippen LogP contribution in [0.25, 0.3) is 44.5 Å². The van der Waals surface area contributed by atoms with Crippen molar-refractivity contribution in [2.75, 3.05) is 0 Å². The van der Waals surface area contributed by atoms with Crippen molar-refractivity contribution in [3.8, 4) is 44.5 Å². The molecule has 0 N–H and O–H groups in total. The van der Waals surface area contributed by atoms with E-state index in [1.807, 2.05) is 74.5 Å². The van der Waals surface area contributed by atoms with Gasteiger partial charge in [-0.05, 0) is 279 Å². The van der Waals surface area contributed by atoms with Crippen LogP contribution in [0.15, 0.2) is 224 Å². The molecule has 15 rings (SSSR count). The van der Waals surface area contributed by atoms with E-state index in [1.54, 1.807) is 22.8 Å². The third-order valence-electron chi connectivity index (χ3n) is 25.0. The van der Waals surface area contributed by atoms with Gasteiger partial charge in [0.05, 0.1) is 0 Å². The van der Waals surface area contributed by atoms with E-state index < -0.39 is 0 Å². The van der Waals surface area contributed by atoms with Gasteiger partial charge >= 0.3 is 0 Å². The molecular formula is C102H129F. The quantitative estimate of drug-likeness (QED) is 0.126. The molecule has 5 saturated carbocycles. The number of halogens is 1. The zero-order chi connectivity index (χ0) is 72.6. The van der Waals surface area contributed by atoms with Gasteiger partial charge in [-0.3, -0.25) is 0 Å². The van der Waals surface area contributed by atoms with Crippen LogP contribution in [0.3, 0.4) is 0 Å². The number of benzene rings is 9. The van der Waals surface area contributed by atoms with E-state index >= 15 is 0 Å². The van der Waals surface area contributed by atoms with Crippen molar-refractivity contribution >= 4 is 0 Å². The monoisotopic (exact) mass is 1370 g/mol. The lowest BCUT2D eigenvalue weighted by atomic mass is 9.68. The van der Waals surface area contributed by atoms with E-state index in [1.165, 1.54) is 214 Å². The molecule has 0 saturated heterocycles. The molecule has 1 unspecified atom stereocenters. The second-order valence-corrected chi connectivity index (χ2v) is 33.6. The lowest BCUT2D eigenvalue weighted by Gasteiger charge is -2.37. The zero-order valence-electron chi connectivity index (χ0n) is 65.8. The molecule has 544 valence electrons. The van der Waals surface area contributed by atoms with Gasteiger partial charge in [0.2, 0.25) is 0 Å². The fourth-order valence-electron chi connectivity index (χ4n) is 17.3. The molecular weight excluding hydrogens is 1240 g/mol. The normalized spacial score (nSPS) is 23.8. The van der Waals surface area contributed by atoms with Crippen molar-refractivity contribution in [1.29, 1.82) is 0 Å². The minimum atomic E-state index is -0.183. The SMILES string of the molecule is CC1=CCC(C2CCC(C)CC2)CC1.Cc1ccc(-c2ccc(-c3ccc(C)cc3)c(F)c2)cc1.Cc1ccc(-c2ccc(C)cc2)cc1.Cc1ccc(-c2ccc(C3CCC(C)CC3)cc2)cc1.Cc1ccc(C2CCC(C)CC2)cc1.Cc1ccc(C2CCC(C3CCC(C)CC3)CC2)cc1. The summed E-state index contributed by atoms with van der Waals surface area (Å²) in [7, 11) is 0. The predicted octanol–water partition coefficient (Wildman–Crippen LogP) is 30.6. The molecule has 0 bridgehead atoms. The summed E-state index contributed by atoms with van der Waals surface area (Å²) >= 11 is 0. The van der Waals surface area contributed by atoms with Gasteiger partial charge in [0, 0.05) is 5.56 Å².